The summed E-state index contributed by atoms with van der Waals surface area (Å²) in [6.07, 6.45) is 0. The first kappa shape index (κ1) is 14.2. The molecule has 0 amide bonds. The summed E-state index contributed by atoms with van der Waals surface area (Å²) < 4.78 is 1.97. The molecule has 0 aliphatic rings. The van der Waals surface area contributed by atoms with Crippen molar-refractivity contribution in [3.8, 4) is 5.69 Å². The lowest BCUT2D eigenvalue weighted by Gasteiger charge is -2.05. The molecule has 1 aromatic carbocycles. The molecule has 19 heavy (non-hydrogen) atoms. The molecule has 1 heterocycles. The van der Waals surface area contributed by atoms with E-state index in [0.29, 0.717) is 15.2 Å². The number of carboxylic acids is 1. The summed E-state index contributed by atoms with van der Waals surface area (Å²) in [6, 6.07) is 4.97. The van der Waals surface area contributed by atoms with Crippen LogP contribution in [-0.4, -0.2) is 31.6 Å². The lowest BCUT2D eigenvalue weighted by Crippen LogP contribution is -2.15. The van der Waals surface area contributed by atoms with Crippen LogP contribution in [0.4, 0.5) is 0 Å². The summed E-state index contributed by atoms with van der Waals surface area (Å²) in [7, 11) is 0. The van der Waals surface area contributed by atoms with Crippen molar-refractivity contribution < 1.29 is 9.90 Å². The molecule has 9 heteroatoms. The fraction of sp³-hybridized carbons (Fsp3) is 0.100. The number of aliphatic carboxylic acids is 1. The quantitative estimate of drug-likeness (QED) is 0.812. The Morgan fingerprint density at radius 1 is 1.58 bits per heavy atom. The maximum atomic E-state index is 11.7. The Bertz CT molecular complexity index is 685. The SMILES string of the molecule is O=C(O)CSc1n[nH]c(=O)n1-c1ccc(Br)c(Cl)c1. The summed E-state index contributed by atoms with van der Waals surface area (Å²) >= 11 is 10.2. The van der Waals surface area contributed by atoms with Gasteiger partial charge in [0.15, 0.2) is 5.16 Å². The Kier molecular flexibility index (Phi) is 4.33. The normalized spacial score (nSPS) is 10.6. The Hall–Kier alpha value is -1.25. The molecule has 0 bridgehead atoms. The Morgan fingerprint density at radius 2 is 2.32 bits per heavy atom. The number of rotatable bonds is 4. The number of H-pyrrole nitrogens is 1. The molecule has 0 saturated carbocycles. The number of nitrogens with zero attached hydrogens (tertiary/aromatic N) is 2. The largest absolute Gasteiger partial charge is 0.481 e. The van der Waals surface area contributed by atoms with Gasteiger partial charge in [0.25, 0.3) is 0 Å². The van der Waals surface area contributed by atoms with E-state index in [4.69, 9.17) is 16.7 Å². The maximum absolute atomic E-state index is 11.7. The number of hydrogen-bond donors (Lipinski definition) is 2. The van der Waals surface area contributed by atoms with Crippen molar-refractivity contribution in [1.29, 1.82) is 0 Å². The molecule has 2 rings (SSSR count). The number of aromatic amines is 1. The highest BCUT2D eigenvalue weighted by molar-refractivity contribution is 9.10. The number of nitrogens with one attached hydrogen (secondary N) is 1. The lowest BCUT2D eigenvalue weighted by molar-refractivity contribution is -0.133. The van der Waals surface area contributed by atoms with Crippen molar-refractivity contribution in [2.45, 2.75) is 5.16 Å². The Labute approximate surface area is 124 Å². The second-order valence-corrected chi connectivity index (χ2v) is 5.63. The van der Waals surface area contributed by atoms with Crippen LogP contribution >= 0.6 is 39.3 Å². The molecule has 1 aromatic heterocycles. The van der Waals surface area contributed by atoms with Gasteiger partial charge in [-0.15, -0.1) is 5.10 Å². The zero-order valence-corrected chi connectivity index (χ0v) is 12.4. The van der Waals surface area contributed by atoms with E-state index in [1.165, 1.54) is 4.57 Å². The second kappa shape index (κ2) is 5.81. The van der Waals surface area contributed by atoms with E-state index < -0.39 is 11.7 Å². The summed E-state index contributed by atoms with van der Waals surface area (Å²) in [5.41, 5.74) is 0.0612. The first-order valence-corrected chi connectivity index (χ1v) is 7.12. The molecule has 2 N–H and O–H groups in total. The van der Waals surface area contributed by atoms with Crippen LogP contribution in [0.2, 0.25) is 5.02 Å². The van der Waals surface area contributed by atoms with Crippen LogP contribution in [-0.2, 0) is 4.79 Å². The molecule has 100 valence electrons. The Morgan fingerprint density at radius 3 is 2.95 bits per heavy atom. The number of hydrogen-bond acceptors (Lipinski definition) is 4. The van der Waals surface area contributed by atoms with Gasteiger partial charge in [-0.05, 0) is 34.1 Å². The Balaban J connectivity index is 2.43. The number of benzene rings is 1. The molecule has 0 saturated heterocycles. The number of aromatic nitrogens is 3. The third-order valence-corrected chi connectivity index (χ3v) is 4.28. The molecule has 6 nitrogen and oxygen atoms in total. The fourth-order valence-corrected chi connectivity index (χ4v) is 2.46. The highest BCUT2D eigenvalue weighted by Gasteiger charge is 2.13. The van der Waals surface area contributed by atoms with Crippen LogP contribution in [0.1, 0.15) is 0 Å². The van der Waals surface area contributed by atoms with E-state index in [9.17, 15) is 9.59 Å². The first-order chi connectivity index (χ1) is 8.99. The molecule has 0 aliphatic carbocycles. The third-order valence-electron chi connectivity index (χ3n) is 2.13. The summed E-state index contributed by atoms with van der Waals surface area (Å²) in [5, 5.41) is 15.4. The molecule has 0 spiro atoms. The van der Waals surface area contributed by atoms with E-state index in [1.54, 1.807) is 18.2 Å². The topological polar surface area (TPSA) is 88.0 Å². The second-order valence-electron chi connectivity index (χ2n) is 3.43. The van der Waals surface area contributed by atoms with E-state index >= 15 is 0 Å². The van der Waals surface area contributed by atoms with Gasteiger partial charge in [-0.25, -0.2) is 14.5 Å². The van der Waals surface area contributed by atoms with E-state index in [-0.39, 0.29) is 10.9 Å². The van der Waals surface area contributed by atoms with Gasteiger partial charge in [-0.3, -0.25) is 4.79 Å². The molecule has 0 radical (unpaired) electrons. The summed E-state index contributed by atoms with van der Waals surface area (Å²) in [6.45, 7) is 0. The molecular formula is C10H7BrClN3O3S. The van der Waals surface area contributed by atoms with Crippen molar-refractivity contribution >= 4 is 45.3 Å². The zero-order valence-electron chi connectivity index (χ0n) is 9.26. The highest BCUT2D eigenvalue weighted by atomic mass is 79.9. The molecule has 0 aliphatic heterocycles. The van der Waals surface area contributed by atoms with Crippen molar-refractivity contribution in [2.24, 2.45) is 0 Å². The third kappa shape index (κ3) is 3.20. The van der Waals surface area contributed by atoms with Gasteiger partial charge in [-0.1, -0.05) is 23.4 Å². The minimum atomic E-state index is -0.985. The van der Waals surface area contributed by atoms with Crippen molar-refractivity contribution in [2.75, 3.05) is 5.75 Å². The number of carbonyl (C=O) groups is 1. The minimum Gasteiger partial charge on any atom is -0.481 e. The average Bonchev–Trinajstić information content (AvgIpc) is 2.71. The van der Waals surface area contributed by atoms with Crippen molar-refractivity contribution in [3.63, 3.8) is 0 Å². The maximum Gasteiger partial charge on any atom is 0.348 e. The standard InChI is InChI=1S/C10H7BrClN3O3S/c11-6-2-1-5(3-7(6)12)15-9(18)13-14-10(15)19-4-8(16)17/h1-3H,4H2,(H,13,18)(H,16,17). The lowest BCUT2D eigenvalue weighted by atomic mass is 10.3. The molecule has 0 fully saturated rings. The van der Waals surface area contributed by atoms with Gasteiger partial charge in [-0.2, -0.15) is 0 Å². The average molecular weight is 365 g/mol. The minimum absolute atomic E-state index is 0.186. The zero-order chi connectivity index (χ0) is 14.0. The molecule has 0 atom stereocenters. The van der Waals surface area contributed by atoms with Crippen LogP contribution in [0.15, 0.2) is 32.6 Å². The van der Waals surface area contributed by atoms with E-state index in [2.05, 4.69) is 26.1 Å². The predicted octanol–water partition coefficient (Wildman–Crippen LogP) is 2.15. The summed E-state index contributed by atoms with van der Waals surface area (Å²) in [5.74, 6) is -1.17. The van der Waals surface area contributed by atoms with Crippen LogP contribution in [0.3, 0.4) is 0 Å². The molecule has 2 aromatic rings. The first-order valence-electron chi connectivity index (χ1n) is 4.96. The van der Waals surface area contributed by atoms with Crippen LogP contribution < -0.4 is 5.69 Å². The fourth-order valence-electron chi connectivity index (χ4n) is 1.36. The van der Waals surface area contributed by atoms with Gasteiger partial charge in [0, 0.05) is 4.47 Å². The molecule has 0 unspecified atom stereocenters. The van der Waals surface area contributed by atoms with Gasteiger partial charge < -0.3 is 5.11 Å². The van der Waals surface area contributed by atoms with Crippen LogP contribution in [0.25, 0.3) is 5.69 Å². The predicted molar refractivity (Wildman–Crippen MR) is 75.3 cm³/mol. The monoisotopic (exact) mass is 363 g/mol. The number of halogens is 2. The van der Waals surface area contributed by atoms with Crippen molar-refractivity contribution in [3.05, 3.63) is 38.2 Å². The van der Waals surface area contributed by atoms with Gasteiger partial charge in [0.05, 0.1) is 16.5 Å². The van der Waals surface area contributed by atoms with Gasteiger partial charge in [0.2, 0.25) is 0 Å². The number of carboxylic acid groups (broad SMARTS) is 1. The van der Waals surface area contributed by atoms with E-state index in [0.717, 1.165) is 11.8 Å². The summed E-state index contributed by atoms with van der Waals surface area (Å²) in [4.78, 5) is 22.3. The van der Waals surface area contributed by atoms with Gasteiger partial charge >= 0.3 is 11.7 Å². The number of thioether (sulfide) groups is 1. The highest BCUT2D eigenvalue weighted by Crippen LogP contribution is 2.26. The van der Waals surface area contributed by atoms with Crippen LogP contribution in [0, 0.1) is 0 Å². The van der Waals surface area contributed by atoms with Gasteiger partial charge in [0.1, 0.15) is 0 Å². The van der Waals surface area contributed by atoms with Crippen molar-refractivity contribution in [1.82, 2.24) is 14.8 Å². The molecular weight excluding hydrogens is 358 g/mol. The van der Waals surface area contributed by atoms with E-state index in [1.807, 2.05) is 0 Å². The van der Waals surface area contributed by atoms with Crippen LogP contribution in [0.5, 0.6) is 0 Å². The smallest absolute Gasteiger partial charge is 0.348 e.